The number of fused-ring (bicyclic) bond motifs is 3. The fourth-order valence-corrected chi connectivity index (χ4v) is 6.28. The largest absolute Gasteiger partial charge is 0.378 e. The molecule has 0 spiro atoms. The summed E-state index contributed by atoms with van der Waals surface area (Å²) < 4.78 is 5.41. The predicted octanol–water partition coefficient (Wildman–Crippen LogP) is 4.71. The maximum absolute atomic E-state index is 14.0. The second-order valence-electron chi connectivity index (χ2n) is 11.1. The van der Waals surface area contributed by atoms with Gasteiger partial charge in [-0.05, 0) is 59.4 Å². The molecule has 37 heavy (non-hydrogen) atoms. The molecule has 6 rings (SSSR count). The molecule has 4 aliphatic rings. The Labute approximate surface area is 219 Å². The second kappa shape index (κ2) is 9.18. The van der Waals surface area contributed by atoms with E-state index in [4.69, 9.17) is 4.74 Å². The van der Waals surface area contributed by atoms with Crippen LogP contribution in [0.3, 0.4) is 0 Å². The average Bonchev–Trinajstić information content (AvgIpc) is 3.27. The molecule has 2 aromatic rings. The van der Waals surface area contributed by atoms with Crippen molar-refractivity contribution in [1.29, 1.82) is 5.26 Å². The number of Topliss-reactive ketones (excluding diaryl/α,β-unsaturated/α-hetero) is 1. The summed E-state index contributed by atoms with van der Waals surface area (Å²) >= 11 is 0. The van der Waals surface area contributed by atoms with Crippen LogP contribution in [0.1, 0.15) is 71.8 Å². The van der Waals surface area contributed by atoms with Crippen LogP contribution in [0, 0.1) is 23.2 Å². The van der Waals surface area contributed by atoms with Crippen LogP contribution in [0.15, 0.2) is 35.9 Å². The van der Waals surface area contributed by atoms with Crippen molar-refractivity contribution in [2.24, 2.45) is 0 Å². The van der Waals surface area contributed by atoms with Crippen LogP contribution < -0.4 is 4.90 Å². The molecule has 0 atom stereocenters. The summed E-state index contributed by atoms with van der Waals surface area (Å²) in [6, 6.07) is 12.9. The number of carbonyl (C=O) groups excluding carboxylic acids is 1. The molecule has 0 N–H and O–H groups in total. The number of ether oxygens (including phenoxy) is 1. The van der Waals surface area contributed by atoms with Gasteiger partial charge < -0.3 is 9.64 Å². The quantitative estimate of drug-likeness (QED) is 0.582. The van der Waals surface area contributed by atoms with Crippen LogP contribution >= 0.6 is 0 Å². The number of carbonyl (C=O) groups is 1. The van der Waals surface area contributed by atoms with Gasteiger partial charge in [-0.1, -0.05) is 38.7 Å². The number of rotatable bonds is 3. The van der Waals surface area contributed by atoms with Gasteiger partial charge in [0.25, 0.3) is 0 Å². The number of unbranched alkanes of at least 4 members (excludes halogenated alkanes) is 1. The minimum atomic E-state index is -0.292. The van der Waals surface area contributed by atoms with E-state index < -0.39 is 0 Å². The highest BCUT2D eigenvalue weighted by molar-refractivity contribution is 6.33. The van der Waals surface area contributed by atoms with Crippen LogP contribution in [-0.4, -0.2) is 56.1 Å². The first-order valence-corrected chi connectivity index (χ1v) is 13.5. The smallest absolute Gasteiger partial charge is 0.193 e. The number of benzene rings is 2. The molecule has 2 saturated heterocycles. The molecule has 2 fully saturated rings. The van der Waals surface area contributed by atoms with E-state index in [0.29, 0.717) is 18.0 Å². The summed E-state index contributed by atoms with van der Waals surface area (Å²) in [6.45, 7) is 12.2. The van der Waals surface area contributed by atoms with Crippen LogP contribution in [-0.2, 0) is 16.6 Å². The Morgan fingerprint density at radius 1 is 1.08 bits per heavy atom. The third-order valence-corrected chi connectivity index (χ3v) is 8.60. The van der Waals surface area contributed by atoms with E-state index in [1.165, 1.54) is 5.57 Å². The highest BCUT2D eigenvalue weighted by Crippen LogP contribution is 2.51. The highest BCUT2D eigenvalue weighted by Gasteiger charge is 2.43. The lowest BCUT2D eigenvalue weighted by molar-refractivity contribution is -0.0660. The molecule has 188 valence electrons. The maximum Gasteiger partial charge on any atom is 0.193 e. The lowest BCUT2D eigenvalue weighted by Crippen LogP contribution is -2.56. The topological polar surface area (TPSA) is 56.6 Å². The van der Waals surface area contributed by atoms with Crippen molar-refractivity contribution in [2.45, 2.75) is 51.5 Å². The van der Waals surface area contributed by atoms with Crippen molar-refractivity contribution in [3.8, 4) is 17.9 Å². The van der Waals surface area contributed by atoms with Crippen LogP contribution in [0.5, 0.6) is 0 Å². The summed E-state index contributed by atoms with van der Waals surface area (Å²) in [7, 11) is 0. The van der Waals surface area contributed by atoms with Gasteiger partial charge in [0.1, 0.15) is 0 Å². The second-order valence-corrected chi connectivity index (χ2v) is 11.1. The normalized spacial score (nSPS) is 20.4. The molecule has 2 aromatic carbocycles. The molecule has 2 aliphatic carbocycles. The van der Waals surface area contributed by atoms with Gasteiger partial charge in [0, 0.05) is 54.7 Å². The van der Waals surface area contributed by atoms with Gasteiger partial charge in [0.15, 0.2) is 5.78 Å². The van der Waals surface area contributed by atoms with Crippen molar-refractivity contribution in [1.82, 2.24) is 4.90 Å². The first-order valence-electron chi connectivity index (χ1n) is 13.5. The fraction of sp³-hybridized carbons (Fsp3) is 0.438. The number of hydrogen-bond acceptors (Lipinski definition) is 5. The number of anilines is 1. The van der Waals surface area contributed by atoms with Crippen molar-refractivity contribution in [3.05, 3.63) is 69.3 Å². The number of nitrogens with zero attached hydrogens (tertiary/aromatic N) is 3. The first kappa shape index (κ1) is 24.0. The van der Waals surface area contributed by atoms with Gasteiger partial charge in [-0.15, -0.1) is 0 Å². The fourth-order valence-electron chi connectivity index (χ4n) is 6.28. The SMILES string of the molecule is CCCC#Cc1cc2c(cc1N1CCN(C3COC3)CC1)C(C)(C)C1=C(C2=O)c2ccc(C#N)cc2C1. The molecular weight excluding hydrogens is 458 g/mol. The monoisotopic (exact) mass is 491 g/mol. The van der Waals surface area contributed by atoms with Crippen molar-refractivity contribution in [3.63, 3.8) is 0 Å². The Hall–Kier alpha value is -3.38. The Morgan fingerprint density at radius 3 is 2.54 bits per heavy atom. The zero-order valence-electron chi connectivity index (χ0n) is 22.0. The van der Waals surface area contributed by atoms with Gasteiger partial charge in [-0.25, -0.2) is 0 Å². The summed E-state index contributed by atoms with van der Waals surface area (Å²) in [6.07, 6.45) is 2.57. The number of piperazine rings is 1. The van der Waals surface area contributed by atoms with E-state index in [9.17, 15) is 10.1 Å². The summed E-state index contributed by atoms with van der Waals surface area (Å²) in [5.41, 5.74) is 8.39. The third kappa shape index (κ3) is 3.89. The summed E-state index contributed by atoms with van der Waals surface area (Å²) in [5, 5.41) is 9.40. The molecule has 5 heteroatoms. The number of hydrogen-bond donors (Lipinski definition) is 0. The summed E-state index contributed by atoms with van der Waals surface area (Å²) in [4.78, 5) is 19.0. The van der Waals surface area contributed by atoms with Crippen molar-refractivity contribution < 1.29 is 9.53 Å². The molecule has 0 radical (unpaired) electrons. The first-order chi connectivity index (χ1) is 17.9. The van der Waals surface area contributed by atoms with E-state index in [0.717, 1.165) is 91.3 Å². The Balaban J connectivity index is 1.41. The van der Waals surface area contributed by atoms with Crippen molar-refractivity contribution >= 4 is 17.0 Å². The van der Waals surface area contributed by atoms with Gasteiger partial charge >= 0.3 is 0 Å². The Morgan fingerprint density at radius 2 is 1.86 bits per heavy atom. The van der Waals surface area contributed by atoms with Crippen LogP contribution in [0.25, 0.3) is 5.57 Å². The molecule has 0 amide bonds. The molecule has 0 unspecified atom stereocenters. The predicted molar refractivity (Wildman–Crippen MR) is 146 cm³/mol. The van der Waals surface area contributed by atoms with Gasteiger partial charge in [-0.3, -0.25) is 9.69 Å². The van der Waals surface area contributed by atoms with E-state index in [1.54, 1.807) is 0 Å². The number of ketones is 1. The van der Waals surface area contributed by atoms with Crippen molar-refractivity contribution in [2.75, 3.05) is 44.3 Å². The zero-order chi connectivity index (χ0) is 25.7. The number of nitriles is 1. The standard InChI is InChI=1S/C32H33N3O2/c1-4-5-6-7-22-15-26-27(17-29(22)35-12-10-34(11-13-35)24-19-37-20-24)32(2,3)28-16-23-14-21(18-33)8-9-25(23)30(28)31(26)36/h8-9,14-15,17,24H,4-5,10-13,16,19-20H2,1-3H3. The Kier molecular flexibility index (Phi) is 5.95. The minimum Gasteiger partial charge on any atom is -0.378 e. The third-order valence-electron chi connectivity index (χ3n) is 8.60. The Bertz CT molecular complexity index is 1420. The number of allylic oxidation sites excluding steroid dienone is 2. The lowest BCUT2D eigenvalue weighted by atomic mass is 9.68. The maximum atomic E-state index is 14.0. The molecule has 0 aromatic heterocycles. The molecule has 2 aliphatic heterocycles. The minimum absolute atomic E-state index is 0.0904. The van der Waals surface area contributed by atoms with Gasteiger partial charge in [-0.2, -0.15) is 5.26 Å². The van der Waals surface area contributed by atoms with E-state index in [1.807, 2.05) is 18.2 Å². The van der Waals surface area contributed by atoms with Crippen LogP contribution in [0.2, 0.25) is 0 Å². The lowest BCUT2D eigenvalue weighted by Gasteiger charge is -2.44. The molecule has 5 nitrogen and oxygen atoms in total. The zero-order valence-corrected chi connectivity index (χ0v) is 22.0. The van der Waals surface area contributed by atoms with Crippen LogP contribution in [0.4, 0.5) is 5.69 Å². The molecule has 0 saturated carbocycles. The molecular formula is C32H33N3O2. The molecule has 2 heterocycles. The van der Waals surface area contributed by atoms with E-state index in [-0.39, 0.29) is 11.2 Å². The average molecular weight is 492 g/mol. The van der Waals surface area contributed by atoms with E-state index >= 15 is 0 Å². The van der Waals surface area contributed by atoms with Gasteiger partial charge in [0.05, 0.1) is 36.6 Å². The van der Waals surface area contributed by atoms with Gasteiger partial charge in [0.2, 0.25) is 0 Å². The molecule has 0 bridgehead atoms. The highest BCUT2D eigenvalue weighted by atomic mass is 16.5. The van der Waals surface area contributed by atoms with E-state index in [2.05, 4.69) is 60.6 Å². The summed E-state index contributed by atoms with van der Waals surface area (Å²) in [5.74, 6) is 6.86.